The minimum atomic E-state index is -1.00. The van der Waals surface area contributed by atoms with Crippen molar-refractivity contribution in [2.24, 2.45) is 5.73 Å². The molecule has 0 bridgehead atoms. The quantitative estimate of drug-likeness (QED) is 0.852. The van der Waals surface area contributed by atoms with Crippen molar-refractivity contribution in [3.63, 3.8) is 0 Å². The molecule has 1 aromatic carbocycles. The Hall–Kier alpha value is -2.27. The lowest BCUT2D eigenvalue weighted by Gasteiger charge is -2.13. The molecule has 2 aromatic rings. The van der Waals surface area contributed by atoms with Gasteiger partial charge in [0.05, 0.1) is 12.8 Å². The van der Waals surface area contributed by atoms with Crippen LogP contribution in [0.1, 0.15) is 5.56 Å². The number of benzene rings is 1. The summed E-state index contributed by atoms with van der Waals surface area (Å²) in [6, 6.07) is 8.46. The molecule has 0 spiro atoms. The van der Waals surface area contributed by atoms with Crippen LogP contribution in [-0.2, 0) is 11.2 Å². The van der Waals surface area contributed by atoms with Gasteiger partial charge < -0.3 is 20.1 Å². The van der Waals surface area contributed by atoms with Gasteiger partial charge in [-0.05, 0) is 36.2 Å². The molecule has 0 unspecified atom stereocenters. The Kier molecular flexibility index (Phi) is 3.87. The number of aromatic nitrogens is 1. The fourth-order valence-electron chi connectivity index (χ4n) is 1.90. The predicted octanol–water partition coefficient (Wildman–Crippen LogP) is 1.44. The van der Waals surface area contributed by atoms with Crippen LogP contribution >= 0.6 is 0 Å². The Balaban J connectivity index is 2.34. The number of carboxylic acid groups (broad SMARTS) is 1. The third kappa shape index (κ3) is 2.95. The number of aliphatic carboxylic acids is 1. The number of methoxy groups -OCH3 is 1. The first kappa shape index (κ1) is 13.2. The van der Waals surface area contributed by atoms with Crippen LogP contribution < -0.4 is 10.5 Å². The van der Waals surface area contributed by atoms with E-state index in [1.165, 1.54) is 0 Å². The largest absolute Gasteiger partial charge is 0.495 e. The lowest BCUT2D eigenvalue weighted by atomic mass is 10.1. The van der Waals surface area contributed by atoms with Gasteiger partial charge in [0.1, 0.15) is 11.8 Å². The number of nitrogens with zero attached hydrogens (tertiary/aromatic N) is 1. The summed E-state index contributed by atoms with van der Waals surface area (Å²) in [4.78, 5) is 10.8. The number of hydrogen-bond donors (Lipinski definition) is 2. The van der Waals surface area contributed by atoms with Crippen LogP contribution in [0.4, 0.5) is 0 Å². The number of hydrogen-bond acceptors (Lipinski definition) is 3. The molecule has 1 heterocycles. The minimum absolute atomic E-state index is 0.285. The van der Waals surface area contributed by atoms with Crippen LogP contribution in [0.3, 0.4) is 0 Å². The van der Waals surface area contributed by atoms with Crippen LogP contribution in [-0.4, -0.2) is 28.8 Å². The highest BCUT2D eigenvalue weighted by molar-refractivity contribution is 5.73. The zero-order valence-electron chi connectivity index (χ0n) is 10.6. The van der Waals surface area contributed by atoms with Gasteiger partial charge in [-0.1, -0.05) is 6.07 Å². The van der Waals surface area contributed by atoms with Crippen molar-refractivity contribution in [1.29, 1.82) is 0 Å². The molecule has 0 fully saturated rings. The van der Waals surface area contributed by atoms with E-state index >= 15 is 0 Å². The Morgan fingerprint density at radius 2 is 2.11 bits per heavy atom. The minimum Gasteiger partial charge on any atom is -0.495 e. The van der Waals surface area contributed by atoms with E-state index in [1.807, 2.05) is 47.3 Å². The molecule has 0 radical (unpaired) electrons. The molecule has 0 aliphatic rings. The van der Waals surface area contributed by atoms with Crippen molar-refractivity contribution in [3.05, 3.63) is 48.3 Å². The maximum absolute atomic E-state index is 10.8. The molecule has 0 saturated heterocycles. The van der Waals surface area contributed by atoms with Gasteiger partial charge >= 0.3 is 5.97 Å². The first-order chi connectivity index (χ1) is 9.11. The van der Waals surface area contributed by atoms with Gasteiger partial charge in [-0.3, -0.25) is 4.79 Å². The molecule has 0 amide bonds. The molecule has 1 atom stereocenters. The number of ether oxygens (including phenoxy) is 1. The zero-order chi connectivity index (χ0) is 13.8. The third-order valence-electron chi connectivity index (χ3n) is 2.90. The second kappa shape index (κ2) is 5.58. The molecule has 19 heavy (non-hydrogen) atoms. The molecule has 0 aliphatic heterocycles. The number of nitrogens with two attached hydrogens (primary N) is 1. The maximum atomic E-state index is 10.8. The molecule has 2 rings (SSSR count). The topological polar surface area (TPSA) is 77.5 Å². The monoisotopic (exact) mass is 260 g/mol. The van der Waals surface area contributed by atoms with Crippen molar-refractivity contribution in [1.82, 2.24) is 4.57 Å². The lowest BCUT2D eigenvalue weighted by molar-refractivity contribution is -0.138. The van der Waals surface area contributed by atoms with Gasteiger partial charge in [0.15, 0.2) is 0 Å². The van der Waals surface area contributed by atoms with Crippen molar-refractivity contribution in [2.75, 3.05) is 7.11 Å². The van der Waals surface area contributed by atoms with Crippen LogP contribution in [0, 0.1) is 0 Å². The van der Waals surface area contributed by atoms with Gasteiger partial charge in [0.2, 0.25) is 0 Å². The number of carbonyl (C=O) groups is 1. The smallest absolute Gasteiger partial charge is 0.320 e. The normalized spacial score (nSPS) is 12.1. The van der Waals surface area contributed by atoms with Crippen LogP contribution in [0.15, 0.2) is 42.7 Å². The van der Waals surface area contributed by atoms with E-state index in [9.17, 15) is 4.79 Å². The Morgan fingerprint density at radius 1 is 1.42 bits per heavy atom. The van der Waals surface area contributed by atoms with Crippen molar-refractivity contribution >= 4 is 5.97 Å². The molecule has 0 saturated carbocycles. The summed E-state index contributed by atoms with van der Waals surface area (Å²) in [5, 5.41) is 8.84. The molecule has 5 nitrogen and oxygen atoms in total. The van der Waals surface area contributed by atoms with Gasteiger partial charge in [-0.15, -0.1) is 0 Å². The average molecular weight is 260 g/mol. The molecule has 1 aromatic heterocycles. The van der Waals surface area contributed by atoms with Crippen LogP contribution in [0.25, 0.3) is 5.69 Å². The Bertz CT molecular complexity index is 564. The average Bonchev–Trinajstić information content (AvgIpc) is 2.92. The van der Waals surface area contributed by atoms with E-state index in [1.54, 1.807) is 7.11 Å². The second-order valence-electron chi connectivity index (χ2n) is 4.25. The highest BCUT2D eigenvalue weighted by Crippen LogP contribution is 2.24. The first-order valence-corrected chi connectivity index (χ1v) is 5.90. The summed E-state index contributed by atoms with van der Waals surface area (Å²) in [6.45, 7) is 0. The number of rotatable bonds is 5. The summed E-state index contributed by atoms with van der Waals surface area (Å²) in [7, 11) is 1.60. The fourth-order valence-corrected chi connectivity index (χ4v) is 1.90. The van der Waals surface area contributed by atoms with E-state index in [0.717, 1.165) is 17.0 Å². The third-order valence-corrected chi connectivity index (χ3v) is 2.90. The molecule has 5 heteroatoms. The van der Waals surface area contributed by atoms with Gasteiger partial charge in [-0.25, -0.2) is 0 Å². The molecule has 100 valence electrons. The van der Waals surface area contributed by atoms with Crippen LogP contribution in [0.5, 0.6) is 5.75 Å². The molecule has 0 aliphatic carbocycles. The van der Waals surface area contributed by atoms with E-state index in [2.05, 4.69) is 0 Å². The molecular weight excluding hydrogens is 244 g/mol. The summed E-state index contributed by atoms with van der Waals surface area (Å²) < 4.78 is 7.22. The van der Waals surface area contributed by atoms with E-state index in [4.69, 9.17) is 15.6 Å². The lowest BCUT2D eigenvalue weighted by Crippen LogP contribution is -2.32. The van der Waals surface area contributed by atoms with Crippen molar-refractivity contribution in [3.8, 4) is 11.4 Å². The van der Waals surface area contributed by atoms with Gasteiger partial charge in [0.25, 0.3) is 0 Å². The van der Waals surface area contributed by atoms with E-state index in [0.29, 0.717) is 0 Å². The van der Waals surface area contributed by atoms with Crippen molar-refractivity contribution in [2.45, 2.75) is 12.5 Å². The summed E-state index contributed by atoms with van der Waals surface area (Å²) in [5.74, 6) is -0.276. The van der Waals surface area contributed by atoms with Gasteiger partial charge in [-0.2, -0.15) is 0 Å². The maximum Gasteiger partial charge on any atom is 0.320 e. The highest BCUT2D eigenvalue weighted by atomic mass is 16.5. The highest BCUT2D eigenvalue weighted by Gasteiger charge is 2.14. The SMILES string of the molecule is COc1ccc(C[C@H](N)C(=O)O)cc1-n1cccc1. The Morgan fingerprint density at radius 3 is 2.68 bits per heavy atom. The number of carboxylic acids is 1. The fraction of sp³-hybridized carbons (Fsp3) is 0.214. The van der Waals surface area contributed by atoms with E-state index in [-0.39, 0.29) is 6.42 Å². The summed E-state index contributed by atoms with van der Waals surface area (Å²) in [5.41, 5.74) is 7.27. The summed E-state index contributed by atoms with van der Waals surface area (Å²) in [6.07, 6.45) is 4.09. The molecular formula is C14H16N2O3. The summed E-state index contributed by atoms with van der Waals surface area (Å²) >= 11 is 0. The first-order valence-electron chi connectivity index (χ1n) is 5.90. The van der Waals surface area contributed by atoms with Crippen molar-refractivity contribution < 1.29 is 14.6 Å². The predicted molar refractivity (Wildman–Crippen MR) is 71.6 cm³/mol. The van der Waals surface area contributed by atoms with Gasteiger partial charge in [0, 0.05) is 12.4 Å². The van der Waals surface area contributed by atoms with E-state index < -0.39 is 12.0 Å². The standard InChI is InChI=1S/C14H16N2O3/c1-19-13-5-4-10(8-11(15)14(17)18)9-12(13)16-6-2-3-7-16/h2-7,9,11H,8,15H2,1H3,(H,17,18)/t11-/m0/s1. The Labute approximate surface area is 111 Å². The second-order valence-corrected chi connectivity index (χ2v) is 4.25. The zero-order valence-corrected chi connectivity index (χ0v) is 10.6. The molecule has 3 N–H and O–H groups in total. The van der Waals surface area contributed by atoms with Crippen LogP contribution in [0.2, 0.25) is 0 Å².